The highest BCUT2D eigenvalue weighted by Crippen LogP contribution is 2.20. The zero-order chi connectivity index (χ0) is 16.8. The summed E-state index contributed by atoms with van der Waals surface area (Å²) in [6.45, 7) is 7.20. The van der Waals surface area contributed by atoms with Crippen molar-refractivity contribution < 1.29 is 14.6 Å². The third-order valence-corrected chi connectivity index (χ3v) is 4.12. The minimum absolute atomic E-state index is 0.0119. The fourth-order valence-electron chi connectivity index (χ4n) is 2.81. The van der Waals surface area contributed by atoms with Crippen LogP contribution in [0.15, 0.2) is 30.3 Å². The zero-order valence-corrected chi connectivity index (χ0v) is 14.2. The number of amides is 1. The standard InChI is InChI=1S/C19H27NO3/c1-14(2)23-18-9-6-16(7-10-18)8-11-19(22)20-12-4-5-17(13-20)15(3)21/h6-11,14-15,17,21H,4-5,12-13H2,1-3H3/b11-8+. The van der Waals surface area contributed by atoms with E-state index in [2.05, 4.69) is 0 Å². The normalized spacial score (nSPS) is 20.0. The van der Waals surface area contributed by atoms with Gasteiger partial charge in [0.2, 0.25) is 5.91 Å². The van der Waals surface area contributed by atoms with Gasteiger partial charge >= 0.3 is 0 Å². The van der Waals surface area contributed by atoms with Gasteiger partial charge in [0.05, 0.1) is 12.2 Å². The van der Waals surface area contributed by atoms with Crippen molar-refractivity contribution in [3.05, 3.63) is 35.9 Å². The lowest BCUT2D eigenvalue weighted by molar-refractivity contribution is -0.128. The predicted octanol–water partition coefficient (Wildman–Crippen LogP) is 3.11. The highest BCUT2D eigenvalue weighted by Gasteiger charge is 2.25. The number of aliphatic hydroxyl groups excluding tert-OH is 1. The Morgan fingerprint density at radius 3 is 2.61 bits per heavy atom. The van der Waals surface area contributed by atoms with E-state index in [0.717, 1.165) is 30.7 Å². The van der Waals surface area contributed by atoms with Crippen LogP contribution in [0.2, 0.25) is 0 Å². The molecule has 1 heterocycles. The topological polar surface area (TPSA) is 49.8 Å². The number of benzene rings is 1. The Bertz CT molecular complexity index is 534. The first-order chi connectivity index (χ1) is 11.0. The largest absolute Gasteiger partial charge is 0.491 e. The van der Waals surface area contributed by atoms with Gasteiger partial charge in [0.15, 0.2) is 0 Å². The highest BCUT2D eigenvalue weighted by atomic mass is 16.5. The molecule has 1 aliphatic heterocycles. The number of likely N-dealkylation sites (tertiary alicyclic amines) is 1. The molecule has 126 valence electrons. The van der Waals surface area contributed by atoms with Gasteiger partial charge in [0, 0.05) is 25.1 Å². The average molecular weight is 317 g/mol. The Labute approximate surface area is 138 Å². The smallest absolute Gasteiger partial charge is 0.246 e. The lowest BCUT2D eigenvalue weighted by atomic mass is 9.93. The van der Waals surface area contributed by atoms with Gasteiger partial charge in [-0.1, -0.05) is 12.1 Å². The molecule has 23 heavy (non-hydrogen) atoms. The molecule has 0 bridgehead atoms. The van der Waals surface area contributed by atoms with Gasteiger partial charge in [-0.05, 0) is 57.4 Å². The van der Waals surface area contributed by atoms with Crippen molar-refractivity contribution in [2.24, 2.45) is 5.92 Å². The molecule has 1 N–H and O–H groups in total. The highest BCUT2D eigenvalue weighted by molar-refractivity contribution is 5.91. The van der Waals surface area contributed by atoms with Gasteiger partial charge in [0.25, 0.3) is 0 Å². The molecule has 0 aliphatic carbocycles. The molecule has 0 aromatic heterocycles. The Morgan fingerprint density at radius 1 is 1.30 bits per heavy atom. The van der Waals surface area contributed by atoms with Crippen LogP contribution < -0.4 is 4.74 Å². The first kappa shape index (κ1) is 17.5. The van der Waals surface area contributed by atoms with Crippen molar-refractivity contribution in [2.75, 3.05) is 13.1 Å². The number of carbonyl (C=O) groups excluding carboxylic acids is 1. The number of rotatable bonds is 5. The maximum atomic E-state index is 12.3. The van der Waals surface area contributed by atoms with Crippen LogP contribution in [0.3, 0.4) is 0 Å². The summed E-state index contributed by atoms with van der Waals surface area (Å²) in [4.78, 5) is 14.1. The van der Waals surface area contributed by atoms with Crippen molar-refractivity contribution >= 4 is 12.0 Å². The summed E-state index contributed by atoms with van der Waals surface area (Å²) in [5.41, 5.74) is 0.971. The summed E-state index contributed by atoms with van der Waals surface area (Å²) >= 11 is 0. The summed E-state index contributed by atoms with van der Waals surface area (Å²) in [5, 5.41) is 9.71. The summed E-state index contributed by atoms with van der Waals surface area (Å²) < 4.78 is 5.60. The molecule has 2 unspecified atom stereocenters. The maximum absolute atomic E-state index is 12.3. The molecule has 0 spiro atoms. The molecule has 4 nitrogen and oxygen atoms in total. The molecule has 0 saturated carbocycles. The summed E-state index contributed by atoms with van der Waals surface area (Å²) in [6, 6.07) is 7.70. The Kier molecular flexibility index (Phi) is 6.22. The second kappa shape index (κ2) is 8.16. The van der Waals surface area contributed by atoms with Crippen LogP contribution in [0.25, 0.3) is 6.08 Å². The quantitative estimate of drug-likeness (QED) is 0.849. The molecule has 1 aromatic rings. The molecular formula is C19H27NO3. The second-order valence-electron chi connectivity index (χ2n) is 6.50. The van der Waals surface area contributed by atoms with Crippen LogP contribution in [-0.4, -0.2) is 41.2 Å². The second-order valence-corrected chi connectivity index (χ2v) is 6.50. The van der Waals surface area contributed by atoms with E-state index in [1.54, 1.807) is 13.0 Å². The van der Waals surface area contributed by atoms with E-state index in [9.17, 15) is 9.90 Å². The maximum Gasteiger partial charge on any atom is 0.246 e. The molecule has 1 fully saturated rings. The van der Waals surface area contributed by atoms with E-state index >= 15 is 0 Å². The van der Waals surface area contributed by atoms with Crippen LogP contribution in [0.4, 0.5) is 0 Å². The average Bonchev–Trinajstić information content (AvgIpc) is 2.53. The molecule has 0 radical (unpaired) electrons. The number of aliphatic hydroxyl groups is 1. The molecule has 2 atom stereocenters. The minimum atomic E-state index is -0.358. The summed E-state index contributed by atoms with van der Waals surface area (Å²) in [5.74, 6) is 1.03. The number of nitrogens with zero attached hydrogens (tertiary/aromatic N) is 1. The van der Waals surface area contributed by atoms with E-state index in [1.165, 1.54) is 0 Å². The zero-order valence-electron chi connectivity index (χ0n) is 14.2. The molecular weight excluding hydrogens is 290 g/mol. The van der Waals surface area contributed by atoms with Gasteiger partial charge < -0.3 is 14.7 Å². The SMILES string of the molecule is CC(C)Oc1ccc(/C=C/C(=O)N2CCCC(C(C)O)C2)cc1. The molecule has 1 amide bonds. The Hall–Kier alpha value is -1.81. The molecule has 4 heteroatoms. The first-order valence-corrected chi connectivity index (χ1v) is 8.37. The van der Waals surface area contributed by atoms with Gasteiger partial charge in [-0.3, -0.25) is 4.79 Å². The van der Waals surface area contributed by atoms with Crippen molar-refractivity contribution in [1.82, 2.24) is 4.90 Å². The van der Waals surface area contributed by atoms with Gasteiger partial charge in [-0.25, -0.2) is 0 Å². The monoisotopic (exact) mass is 317 g/mol. The number of hydrogen-bond acceptors (Lipinski definition) is 3. The third kappa shape index (κ3) is 5.39. The van der Waals surface area contributed by atoms with E-state index in [4.69, 9.17) is 4.74 Å². The number of carbonyl (C=O) groups is 1. The Balaban J connectivity index is 1.92. The van der Waals surface area contributed by atoms with E-state index in [0.29, 0.717) is 6.54 Å². The molecule has 1 aliphatic rings. The van der Waals surface area contributed by atoms with Crippen LogP contribution in [0.5, 0.6) is 5.75 Å². The van der Waals surface area contributed by atoms with Crippen LogP contribution in [0, 0.1) is 5.92 Å². The van der Waals surface area contributed by atoms with Crippen molar-refractivity contribution in [2.45, 2.75) is 45.8 Å². The number of ether oxygens (including phenoxy) is 1. The van der Waals surface area contributed by atoms with Crippen molar-refractivity contribution in [3.63, 3.8) is 0 Å². The fourth-order valence-corrected chi connectivity index (χ4v) is 2.81. The number of hydrogen-bond donors (Lipinski definition) is 1. The number of piperidine rings is 1. The molecule has 1 saturated heterocycles. The van der Waals surface area contributed by atoms with Gasteiger partial charge in [0.1, 0.15) is 5.75 Å². The van der Waals surface area contributed by atoms with Crippen LogP contribution >= 0.6 is 0 Å². The van der Waals surface area contributed by atoms with Crippen LogP contribution in [-0.2, 0) is 4.79 Å². The van der Waals surface area contributed by atoms with E-state index in [1.807, 2.05) is 49.1 Å². The molecule has 1 aromatic carbocycles. The van der Waals surface area contributed by atoms with E-state index in [-0.39, 0.29) is 24.0 Å². The van der Waals surface area contributed by atoms with Crippen molar-refractivity contribution in [1.29, 1.82) is 0 Å². The van der Waals surface area contributed by atoms with Crippen molar-refractivity contribution in [3.8, 4) is 5.75 Å². The Morgan fingerprint density at radius 2 is 2.00 bits per heavy atom. The fraction of sp³-hybridized carbons (Fsp3) is 0.526. The molecule has 2 rings (SSSR count). The third-order valence-electron chi connectivity index (χ3n) is 4.12. The van der Waals surface area contributed by atoms with Gasteiger partial charge in [-0.2, -0.15) is 0 Å². The predicted molar refractivity (Wildman–Crippen MR) is 92.2 cm³/mol. The lowest BCUT2D eigenvalue weighted by Gasteiger charge is -2.33. The minimum Gasteiger partial charge on any atom is -0.491 e. The first-order valence-electron chi connectivity index (χ1n) is 8.37. The van der Waals surface area contributed by atoms with Gasteiger partial charge in [-0.15, -0.1) is 0 Å². The summed E-state index contributed by atoms with van der Waals surface area (Å²) in [6.07, 6.45) is 5.18. The van der Waals surface area contributed by atoms with E-state index < -0.39 is 0 Å². The van der Waals surface area contributed by atoms with Crippen LogP contribution in [0.1, 0.15) is 39.2 Å². The lowest BCUT2D eigenvalue weighted by Crippen LogP contribution is -2.42. The summed E-state index contributed by atoms with van der Waals surface area (Å²) in [7, 11) is 0.